The second kappa shape index (κ2) is 7.76. The van der Waals surface area contributed by atoms with Gasteiger partial charge >= 0.3 is 0 Å². The third-order valence-electron chi connectivity index (χ3n) is 5.72. The fourth-order valence-corrected chi connectivity index (χ4v) is 4.29. The summed E-state index contributed by atoms with van der Waals surface area (Å²) in [4.78, 5) is 6.67. The number of rotatable bonds is 6. The molecular weight excluding hydrogens is 330 g/mol. The Balaban J connectivity index is 1.27. The monoisotopic (exact) mass is 357 g/mol. The lowest BCUT2D eigenvalue weighted by Crippen LogP contribution is -2.47. The van der Waals surface area contributed by atoms with Crippen LogP contribution in [0.1, 0.15) is 37.1 Å². The van der Waals surface area contributed by atoms with Crippen molar-refractivity contribution in [3.05, 3.63) is 41.9 Å². The quantitative estimate of drug-likeness (QED) is 0.791. The van der Waals surface area contributed by atoms with Gasteiger partial charge in [-0.05, 0) is 44.6 Å². The smallest absolute Gasteiger partial charge is 0.213 e. The minimum absolute atomic E-state index is 0.0315. The van der Waals surface area contributed by atoms with Crippen LogP contribution in [-0.2, 0) is 11.3 Å². The Morgan fingerprint density at radius 2 is 2.19 bits per heavy atom. The third-order valence-corrected chi connectivity index (χ3v) is 5.72. The van der Waals surface area contributed by atoms with Crippen LogP contribution >= 0.6 is 0 Å². The van der Waals surface area contributed by atoms with E-state index >= 15 is 0 Å². The van der Waals surface area contributed by atoms with Crippen LogP contribution in [0.25, 0.3) is 0 Å². The summed E-state index contributed by atoms with van der Waals surface area (Å²) in [5, 5.41) is 4.11. The summed E-state index contributed by atoms with van der Waals surface area (Å²) in [6.45, 7) is 6.46. The van der Waals surface area contributed by atoms with Crippen LogP contribution in [0.2, 0.25) is 0 Å². The molecule has 0 aromatic carbocycles. The minimum Gasteiger partial charge on any atom is -0.478 e. The molecule has 2 aliphatic rings. The number of piperidine rings is 1. The van der Waals surface area contributed by atoms with Crippen LogP contribution in [0.15, 0.2) is 35.0 Å². The van der Waals surface area contributed by atoms with Gasteiger partial charge in [0.05, 0.1) is 17.9 Å². The summed E-state index contributed by atoms with van der Waals surface area (Å²) >= 11 is 0. The second-order valence-corrected chi connectivity index (χ2v) is 7.41. The molecule has 1 unspecified atom stereocenters. The SMILES string of the molecule is Cc1cc(CN2CCC3(CC2)OCCC3CCOc2ccccn2)no1. The third kappa shape index (κ3) is 3.91. The lowest BCUT2D eigenvalue weighted by atomic mass is 9.78. The fourth-order valence-electron chi connectivity index (χ4n) is 4.29. The minimum atomic E-state index is 0.0315. The largest absolute Gasteiger partial charge is 0.478 e. The molecule has 0 aliphatic carbocycles. The van der Waals surface area contributed by atoms with E-state index in [0.29, 0.717) is 18.4 Å². The van der Waals surface area contributed by atoms with Gasteiger partial charge in [0, 0.05) is 44.6 Å². The predicted molar refractivity (Wildman–Crippen MR) is 96.9 cm³/mol. The first-order valence-electron chi connectivity index (χ1n) is 9.56. The van der Waals surface area contributed by atoms with Crippen LogP contribution in [0, 0.1) is 12.8 Å². The van der Waals surface area contributed by atoms with E-state index < -0.39 is 0 Å². The number of nitrogens with zero attached hydrogens (tertiary/aromatic N) is 3. The number of hydrogen-bond donors (Lipinski definition) is 0. The molecule has 26 heavy (non-hydrogen) atoms. The van der Waals surface area contributed by atoms with Crippen molar-refractivity contribution in [3.8, 4) is 5.88 Å². The molecule has 6 nitrogen and oxygen atoms in total. The highest BCUT2D eigenvalue weighted by Gasteiger charge is 2.45. The van der Waals surface area contributed by atoms with E-state index in [1.54, 1.807) is 6.20 Å². The topological polar surface area (TPSA) is 60.6 Å². The van der Waals surface area contributed by atoms with Crippen LogP contribution in [0.4, 0.5) is 0 Å². The van der Waals surface area contributed by atoms with E-state index in [4.69, 9.17) is 14.0 Å². The summed E-state index contributed by atoms with van der Waals surface area (Å²) in [7, 11) is 0. The molecule has 4 heterocycles. The molecular formula is C20H27N3O3. The molecule has 0 saturated carbocycles. The lowest BCUT2D eigenvalue weighted by Gasteiger charge is -2.42. The van der Waals surface area contributed by atoms with Gasteiger partial charge in [0.15, 0.2) is 0 Å². The van der Waals surface area contributed by atoms with Gasteiger partial charge in [0.2, 0.25) is 5.88 Å². The van der Waals surface area contributed by atoms with E-state index in [1.165, 1.54) is 0 Å². The molecule has 2 aromatic rings. The Labute approximate surface area is 154 Å². The highest BCUT2D eigenvalue weighted by molar-refractivity contribution is 5.09. The first-order chi connectivity index (χ1) is 12.7. The highest BCUT2D eigenvalue weighted by atomic mass is 16.5. The molecule has 2 aromatic heterocycles. The number of ether oxygens (including phenoxy) is 2. The first kappa shape index (κ1) is 17.5. The average molecular weight is 357 g/mol. The van der Waals surface area contributed by atoms with Crippen LogP contribution in [0.3, 0.4) is 0 Å². The molecule has 0 amide bonds. The standard InChI is InChI=1S/C20H27N3O3/c1-16-14-18(22-26-16)15-23-10-7-20(8-11-23)17(6-13-25-20)5-12-24-19-4-2-3-9-21-19/h2-4,9,14,17H,5-8,10-13,15H2,1H3. The zero-order valence-electron chi connectivity index (χ0n) is 15.4. The van der Waals surface area contributed by atoms with Gasteiger partial charge in [0.1, 0.15) is 5.76 Å². The van der Waals surface area contributed by atoms with Gasteiger partial charge in [-0.1, -0.05) is 11.2 Å². The van der Waals surface area contributed by atoms with E-state index in [0.717, 1.165) is 63.4 Å². The molecule has 4 rings (SSSR count). The summed E-state index contributed by atoms with van der Waals surface area (Å²) in [6.07, 6.45) is 6.09. The number of aromatic nitrogens is 2. The summed E-state index contributed by atoms with van der Waals surface area (Å²) < 4.78 is 17.3. The molecule has 1 atom stereocenters. The van der Waals surface area contributed by atoms with Crippen LogP contribution < -0.4 is 4.74 Å². The highest BCUT2D eigenvalue weighted by Crippen LogP contribution is 2.42. The number of likely N-dealkylation sites (tertiary alicyclic amines) is 1. The van der Waals surface area contributed by atoms with Crippen molar-refractivity contribution in [2.45, 2.75) is 44.8 Å². The molecule has 1 spiro atoms. The Morgan fingerprint density at radius 3 is 2.92 bits per heavy atom. The number of pyridine rings is 1. The number of aryl methyl sites for hydroxylation is 1. The summed E-state index contributed by atoms with van der Waals surface area (Å²) in [5.74, 6) is 2.15. The maximum atomic E-state index is 6.27. The van der Waals surface area contributed by atoms with E-state index in [2.05, 4.69) is 15.0 Å². The number of hydrogen-bond acceptors (Lipinski definition) is 6. The van der Waals surface area contributed by atoms with Crippen molar-refractivity contribution >= 4 is 0 Å². The lowest BCUT2D eigenvalue weighted by molar-refractivity contribution is -0.0711. The van der Waals surface area contributed by atoms with E-state index in [9.17, 15) is 0 Å². The molecule has 2 fully saturated rings. The Hall–Kier alpha value is -1.92. The summed E-state index contributed by atoms with van der Waals surface area (Å²) in [6, 6.07) is 7.79. The molecule has 0 radical (unpaired) electrons. The Kier molecular flexibility index (Phi) is 5.22. The second-order valence-electron chi connectivity index (χ2n) is 7.41. The Morgan fingerprint density at radius 1 is 1.31 bits per heavy atom. The zero-order valence-corrected chi connectivity index (χ0v) is 15.4. The molecule has 2 aliphatic heterocycles. The maximum Gasteiger partial charge on any atom is 0.213 e. The van der Waals surface area contributed by atoms with Crippen molar-refractivity contribution in [2.75, 3.05) is 26.3 Å². The van der Waals surface area contributed by atoms with E-state index in [1.807, 2.05) is 31.2 Å². The van der Waals surface area contributed by atoms with Crippen molar-refractivity contribution in [1.29, 1.82) is 0 Å². The van der Waals surface area contributed by atoms with Gasteiger partial charge in [-0.15, -0.1) is 0 Å². The Bertz CT molecular complexity index is 695. The van der Waals surface area contributed by atoms with Crippen molar-refractivity contribution in [1.82, 2.24) is 15.0 Å². The first-order valence-corrected chi connectivity index (χ1v) is 9.56. The normalized spacial score (nSPS) is 22.7. The van der Waals surface area contributed by atoms with Gasteiger partial charge in [-0.2, -0.15) is 0 Å². The maximum absolute atomic E-state index is 6.27. The van der Waals surface area contributed by atoms with Crippen LogP contribution in [-0.4, -0.2) is 46.9 Å². The van der Waals surface area contributed by atoms with Crippen molar-refractivity contribution < 1.29 is 14.0 Å². The van der Waals surface area contributed by atoms with Gasteiger partial charge < -0.3 is 14.0 Å². The van der Waals surface area contributed by atoms with Gasteiger partial charge in [-0.25, -0.2) is 4.98 Å². The molecule has 0 N–H and O–H groups in total. The average Bonchev–Trinajstić information content (AvgIpc) is 3.25. The fraction of sp³-hybridized carbons (Fsp3) is 0.600. The van der Waals surface area contributed by atoms with E-state index in [-0.39, 0.29) is 5.60 Å². The zero-order chi connectivity index (χ0) is 17.8. The molecule has 6 heteroatoms. The molecule has 0 bridgehead atoms. The van der Waals surface area contributed by atoms with Gasteiger partial charge in [0.25, 0.3) is 0 Å². The molecule has 2 saturated heterocycles. The van der Waals surface area contributed by atoms with Crippen molar-refractivity contribution in [2.24, 2.45) is 5.92 Å². The molecule has 140 valence electrons. The van der Waals surface area contributed by atoms with Gasteiger partial charge in [-0.3, -0.25) is 4.90 Å². The summed E-state index contributed by atoms with van der Waals surface area (Å²) in [5.41, 5.74) is 1.05. The van der Waals surface area contributed by atoms with Crippen LogP contribution in [0.5, 0.6) is 5.88 Å². The predicted octanol–water partition coefficient (Wildman–Crippen LogP) is 3.22. The van der Waals surface area contributed by atoms with Crippen molar-refractivity contribution in [3.63, 3.8) is 0 Å².